The molecule has 0 aliphatic rings. The maximum absolute atomic E-state index is 12.4. The molecule has 1 amide bonds. The van der Waals surface area contributed by atoms with Crippen LogP contribution in [0, 0.1) is 6.92 Å². The molecule has 0 fully saturated rings. The predicted octanol–water partition coefficient (Wildman–Crippen LogP) is 3.69. The first-order chi connectivity index (χ1) is 10.2. The number of carbonyl (C=O) groups excluding carboxylic acids is 1. The van der Waals surface area contributed by atoms with Crippen LogP contribution >= 0.6 is 0 Å². The van der Waals surface area contributed by atoms with Crippen LogP contribution in [0.15, 0.2) is 42.5 Å². The number of rotatable bonds is 5. The molecular formula is C17H20N2O2. The molecule has 110 valence electrons. The van der Waals surface area contributed by atoms with Crippen molar-refractivity contribution in [2.45, 2.75) is 13.8 Å². The minimum Gasteiger partial charge on any atom is -0.496 e. The standard InChI is InChI=1S/C17H20N2O2/c1-4-18-15-8-6-5-7-14(15)17(20)19-13-9-10-16(21-3)12(2)11-13/h5-11,18H,4H2,1-3H3,(H,19,20). The Balaban J connectivity index is 2.20. The van der Waals surface area contributed by atoms with Gasteiger partial charge in [0.05, 0.1) is 12.7 Å². The average molecular weight is 284 g/mol. The summed E-state index contributed by atoms with van der Waals surface area (Å²) in [4.78, 5) is 12.4. The first-order valence-electron chi connectivity index (χ1n) is 6.94. The summed E-state index contributed by atoms with van der Waals surface area (Å²) in [5, 5.41) is 6.11. The Morgan fingerprint density at radius 2 is 1.95 bits per heavy atom. The molecule has 4 heteroatoms. The second-order valence-electron chi connectivity index (χ2n) is 4.71. The van der Waals surface area contributed by atoms with E-state index in [0.717, 1.165) is 29.2 Å². The Bertz CT molecular complexity index is 638. The monoisotopic (exact) mass is 284 g/mol. The van der Waals surface area contributed by atoms with Crippen LogP contribution in [0.5, 0.6) is 5.75 Å². The van der Waals surface area contributed by atoms with Crippen LogP contribution in [0.3, 0.4) is 0 Å². The summed E-state index contributed by atoms with van der Waals surface area (Å²) in [6.45, 7) is 4.72. The lowest BCUT2D eigenvalue weighted by atomic mass is 10.1. The zero-order valence-corrected chi connectivity index (χ0v) is 12.6. The number of hydrogen-bond acceptors (Lipinski definition) is 3. The highest BCUT2D eigenvalue weighted by atomic mass is 16.5. The van der Waals surface area contributed by atoms with Gasteiger partial charge in [0, 0.05) is 17.9 Å². The van der Waals surface area contributed by atoms with Crippen molar-refractivity contribution in [2.24, 2.45) is 0 Å². The van der Waals surface area contributed by atoms with Gasteiger partial charge in [-0.05, 0) is 49.7 Å². The van der Waals surface area contributed by atoms with Crippen molar-refractivity contribution in [3.05, 3.63) is 53.6 Å². The van der Waals surface area contributed by atoms with E-state index in [0.29, 0.717) is 5.56 Å². The highest BCUT2D eigenvalue weighted by Crippen LogP contribution is 2.23. The zero-order valence-electron chi connectivity index (χ0n) is 12.6. The number of amides is 1. The molecule has 0 bridgehead atoms. The number of carbonyl (C=O) groups is 1. The average Bonchev–Trinajstić information content (AvgIpc) is 2.48. The highest BCUT2D eigenvalue weighted by molar-refractivity contribution is 6.08. The lowest BCUT2D eigenvalue weighted by Crippen LogP contribution is -2.14. The number of hydrogen-bond donors (Lipinski definition) is 2. The fourth-order valence-electron chi connectivity index (χ4n) is 2.18. The summed E-state index contributed by atoms with van der Waals surface area (Å²) in [5.41, 5.74) is 3.20. The Labute approximate surface area is 125 Å². The normalized spacial score (nSPS) is 10.0. The van der Waals surface area contributed by atoms with E-state index >= 15 is 0 Å². The number of methoxy groups -OCH3 is 1. The van der Waals surface area contributed by atoms with E-state index in [4.69, 9.17) is 4.74 Å². The number of ether oxygens (including phenoxy) is 1. The first-order valence-corrected chi connectivity index (χ1v) is 6.94. The summed E-state index contributed by atoms with van der Waals surface area (Å²) >= 11 is 0. The molecule has 0 aromatic heterocycles. The van der Waals surface area contributed by atoms with Crippen LogP contribution in [0.2, 0.25) is 0 Å². The fraction of sp³-hybridized carbons (Fsp3) is 0.235. The maximum atomic E-state index is 12.4. The molecule has 4 nitrogen and oxygen atoms in total. The molecule has 0 radical (unpaired) electrons. The van der Waals surface area contributed by atoms with E-state index in [1.54, 1.807) is 7.11 Å². The van der Waals surface area contributed by atoms with Crippen LogP contribution in [-0.2, 0) is 0 Å². The molecule has 0 aliphatic heterocycles. The molecule has 0 aliphatic carbocycles. The Morgan fingerprint density at radius 1 is 1.19 bits per heavy atom. The van der Waals surface area contributed by atoms with Crippen molar-refractivity contribution >= 4 is 17.3 Å². The Kier molecular flexibility index (Phi) is 4.82. The summed E-state index contributed by atoms with van der Waals surface area (Å²) in [7, 11) is 1.63. The molecule has 2 N–H and O–H groups in total. The molecular weight excluding hydrogens is 264 g/mol. The van der Waals surface area contributed by atoms with Gasteiger partial charge >= 0.3 is 0 Å². The van der Waals surface area contributed by atoms with Crippen LogP contribution in [0.1, 0.15) is 22.8 Å². The van der Waals surface area contributed by atoms with Crippen molar-refractivity contribution < 1.29 is 9.53 Å². The molecule has 21 heavy (non-hydrogen) atoms. The third kappa shape index (κ3) is 3.54. The number of benzene rings is 2. The highest BCUT2D eigenvalue weighted by Gasteiger charge is 2.11. The molecule has 0 heterocycles. The largest absolute Gasteiger partial charge is 0.496 e. The molecule has 2 aromatic rings. The minimum atomic E-state index is -0.129. The zero-order chi connectivity index (χ0) is 15.2. The molecule has 0 spiro atoms. The van der Waals surface area contributed by atoms with Gasteiger partial charge in [0.15, 0.2) is 0 Å². The van der Waals surface area contributed by atoms with Crippen molar-refractivity contribution in [3.63, 3.8) is 0 Å². The second-order valence-corrected chi connectivity index (χ2v) is 4.71. The molecule has 2 aromatic carbocycles. The number of aryl methyl sites for hydroxylation is 1. The fourth-order valence-corrected chi connectivity index (χ4v) is 2.18. The van der Waals surface area contributed by atoms with Gasteiger partial charge in [-0.25, -0.2) is 0 Å². The first kappa shape index (κ1) is 14.9. The summed E-state index contributed by atoms with van der Waals surface area (Å²) in [6.07, 6.45) is 0. The van der Waals surface area contributed by atoms with Crippen LogP contribution in [-0.4, -0.2) is 19.6 Å². The van der Waals surface area contributed by atoms with Crippen LogP contribution in [0.4, 0.5) is 11.4 Å². The van der Waals surface area contributed by atoms with E-state index in [1.165, 1.54) is 0 Å². The molecule has 0 atom stereocenters. The van der Waals surface area contributed by atoms with E-state index in [9.17, 15) is 4.79 Å². The van der Waals surface area contributed by atoms with Crippen LogP contribution < -0.4 is 15.4 Å². The number of nitrogens with one attached hydrogen (secondary N) is 2. The van der Waals surface area contributed by atoms with Gasteiger partial charge in [-0.1, -0.05) is 12.1 Å². The van der Waals surface area contributed by atoms with Gasteiger partial charge in [0.25, 0.3) is 5.91 Å². The summed E-state index contributed by atoms with van der Waals surface area (Å²) in [6, 6.07) is 13.1. The van der Waals surface area contributed by atoms with Gasteiger partial charge in [-0.2, -0.15) is 0 Å². The quantitative estimate of drug-likeness (QED) is 0.880. The number of para-hydroxylation sites is 1. The molecule has 0 saturated heterocycles. The van der Waals surface area contributed by atoms with Gasteiger partial charge in [-0.15, -0.1) is 0 Å². The lowest BCUT2D eigenvalue weighted by Gasteiger charge is -2.12. The SMILES string of the molecule is CCNc1ccccc1C(=O)Nc1ccc(OC)c(C)c1. The topological polar surface area (TPSA) is 50.4 Å². The molecule has 2 rings (SSSR count). The number of anilines is 2. The third-order valence-electron chi connectivity index (χ3n) is 3.19. The van der Waals surface area contributed by atoms with Gasteiger partial charge in [-0.3, -0.25) is 4.79 Å². The van der Waals surface area contributed by atoms with Gasteiger partial charge in [0.2, 0.25) is 0 Å². The summed E-state index contributed by atoms with van der Waals surface area (Å²) in [5.74, 6) is 0.678. The molecule has 0 unspecified atom stereocenters. The van der Waals surface area contributed by atoms with Crippen molar-refractivity contribution in [1.82, 2.24) is 0 Å². The lowest BCUT2D eigenvalue weighted by molar-refractivity contribution is 0.102. The van der Waals surface area contributed by atoms with Crippen LogP contribution in [0.25, 0.3) is 0 Å². The van der Waals surface area contributed by atoms with Crippen molar-refractivity contribution in [1.29, 1.82) is 0 Å². The Morgan fingerprint density at radius 3 is 2.62 bits per heavy atom. The van der Waals surface area contributed by atoms with E-state index in [-0.39, 0.29) is 5.91 Å². The van der Waals surface area contributed by atoms with Gasteiger partial charge in [0.1, 0.15) is 5.75 Å². The smallest absolute Gasteiger partial charge is 0.257 e. The van der Waals surface area contributed by atoms with E-state index < -0.39 is 0 Å². The van der Waals surface area contributed by atoms with Gasteiger partial charge < -0.3 is 15.4 Å². The predicted molar refractivity (Wildman–Crippen MR) is 86.3 cm³/mol. The maximum Gasteiger partial charge on any atom is 0.257 e. The summed E-state index contributed by atoms with van der Waals surface area (Å²) < 4.78 is 5.22. The third-order valence-corrected chi connectivity index (χ3v) is 3.19. The Hall–Kier alpha value is -2.49. The minimum absolute atomic E-state index is 0.129. The molecule has 0 saturated carbocycles. The van der Waals surface area contributed by atoms with E-state index in [2.05, 4.69) is 10.6 Å². The van der Waals surface area contributed by atoms with Crippen molar-refractivity contribution in [3.8, 4) is 5.75 Å². The van der Waals surface area contributed by atoms with E-state index in [1.807, 2.05) is 56.3 Å². The second kappa shape index (κ2) is 6.79. The van der Waals surface area contributed by atoms with Crippen molar-refractivity contribution in [2.75, 3.05) is 24.3 Å².